The molecule has 6 heteroatoms. The van der Waals surface area contributed by atoms with Crippen molar-refractivity contribution < 1.29 is 18.3 Å². The van der Waals surface area contributed by atoms with Gasteiger partial charge in [-0.2, -0.15) is 0 Å². The zero-order valence-electron chi connectivity index (χ0n) is 11.2. The SMILES string of the molecule is CCCN(C)CCS(=O)(=O)c1ccc(C(=O)O)cc1. The molecule has 1 aromatic rings. The molecule has 0 amide bonds. The van der Waals surface area contributed by atoms with Crippen LogP contribution in [0.4, 0.5) is 0 Å². The van der Waals surface area contributed by atoms with E-state index < -0.39 is 15.8 Å². The summed E-state index contributed by atoms with van der Waals surface area (Å²) in [6, 6.07) is 5.31. The summed E-state index contributed by atoms with van der Waals surface area (Å²) >= 11 is 0. The average molecular weight is 285 g/mol. The zero-order valence-corrected chi connectivity index (χ0v) is 12.0. The monoisotopic (exact) mass is 285 g/mol. The number of rotatable bonds is 7. The lowest BCUT2D eigenvalue weighted by atomic mass is 10.2. The Balaban J connectivity index is 2.74. The van der Waals surface area contributed by atoms with Crippen molar-refractivity contribution >= 4 is 15.8 Å². The fraction of sp³-hybridized carbons (Fsp3) is 0.462. The number of carboxylic acids is 1. The van der Waals surface area contributed by atoms with Crippen molar-refractivity contribution in [1.29, 1.82) is 0 Å². The summed E-state index contributed by atoms with van der Waals surface area (Å²) in [6.45, 7) is 3.36. The van der Waals surface area contributed by atoms with Gasteiger partial charge in [0, 0.05) is 6.54 Å². The molecule has 0 fully saturated rings. The number of sulfone groups is 1. The van der Waals surface area contributed by atoms with E-state index in [-0.39, 0.29) is 16.2 Å². The van der Waals surface area contributed by atoms with Crippen LogP contribution in [0.25, 0.3) is 0 Å². The first-order chi connectivity index (χ1) is 8.86. The highest BCUT2D eigenvalue weighted by molar-refractivity contribution is 7.91. The molecule has 0 unspecified atom stereocenters. The molecule has 0 aliphatic carbocycles. The third-order valence-corrected chi connectivity index (χ3v) is 4.52. The van der Waals surface area contributed by atoms with Crippen molar-refractivity contribution in [2.75, 3.05) is 25.9 Å². The van der Waals surface area contributed by atoms with Gasteiger partial charge in [0.2, 0.25) is 0 Å². The Bertz CT molecular complexity index is 522. The van der Waals surface area contributed by atoms with Crippen LogP contribution in [-0.4, -0.2) is 50.3 Å². The maximum absolute atomic E-state index is 12.0. The molecule has 1 rings (SSSR count). The molecule has 0 aliphatic heterocycles. The van der Waals surface area contributed by atoms with Crippen LogP contribution >= 0.6 is 0 Å². The van der Waals surface area contributed by atoms with Crippen LogP contribution in [0.5, 0.6) is 0 Å². The quantitative estimate of drug-likeness (QED) is 0.821. The molecule has 0 bridgehead atoms. The third kappa shape index (κ3) is 4.65. The Labute approximate surface area is 113 Å². The molecule has 106 valence electrons. The van der Waals surface area contributed by atoms with Crippen LogP contribution in [-0.2, 0) is 9.84 Å². The molecule has 5 nitrogen and oxygen atoms in total. The summed E-state index contributed by atoms with van der Waals surface area (Å²) in [5.41, 5.74) is 0.0852. The lowest BCUT2D eigenvalue weighted by molar-refractivity contribution is 0.0697. The maximum Gasteiger partial charge on any atom is 0.335 e. The summed E-state index contributed by atoms with van der Waals surface area (Å²) in [7, 11) is -1.47. The van der Waals surface area contributed by atoms with E-state index in [1.165, 1.54) is 24.3 Å². The molecule has 0 spiro atoms. The van der Waals surface area contributed by atoms with E-state index in [0.717, 1.165) is 13.0 Å². The van der Waals surface area contributed by atoms with E-state index >= 15 is 0 Å². The van der Waals surface area contributed by atoms with Crippen LogP contribution in [0.1, 0.15) is 23.7 Å². The highest BCUT2D eigenvalue weighted by Crippen LogP contribution is 2.12. The molecule has 0 atom stereocenters. The van der Waals surface area contributed by atoms with Gasteiger partial charge >= 0.3 is 5.97 Å². The first-order valence-electron chi connectivity index (χ1n) is 6.11. The van der Waals surface area contributed by atoms with Crippen molar-refractivity contribution in [2.24, 2.45) is 0 Å². The number of benzene rings is 1. The van der Waals surface area contributed by atoms with Gasteiger partial charge < -0.3 is 10.0 Å². The van der Waals surface area contributed by atoms with Crippen LogP contribution in [0.15, 0.2) is 29.2 Å². The highest BCUT2D eigenvalue weighted by Gasteiger charge is 2.15. The normalized spacial score (nSPS) is 11.7. The molecule has 0 saturated heterocycles. The molecule has 0 radical (unpaired) electrons. The minimum absolute atomic E-state index is 0.0376. The first-order valence-corrected chi connectivity index (χ1v) is 7.76. The van der Waals surface area contributed by atoms with Gasteiger partial charge in [-0.25, -0.2) is 13.2 Å². The van der Waals surface area contributed by atoms with Crippen LogP contribution < -0.4 is 0 Å². The second-order valence-corrected chi connectivity index (χ2v) is 6.56. The molecule has 1 N–H and O–H groups in total. The summed E-state index contributed by atoms with van der Waals surface area (Å²) in [5.74, 6) is -1.03. The van der Waals surface area contributed by atoms with Crippen molar-refractivity contribution in [1.82, 2.24) is 4.90 Å². The standard InChI is InChI=1S/C13H19NO4S/c1-3-8-14(2)9-10-19(17,18)12-6-4-11(5-7-12)13(15)16/h4-7H,3,8-10H2,1-2H3,(H,15,16). The minimum atomic E-state index is -3.35. The van der Waals surface area contributed by atoms with Crippen LogP contribution in [0.2, 0.25) is 0 Å². The molecular formula is C13H19NO4S. The van der Waals surface area contributed by atoms with Gasteiger partial charge in [-0.05, 0) is 44.3 Å². The number of hydrogen-bond donors (Lipinski definition) is 1. The second-order valence-electron chi connectivity index (χ2n) is 4.45. The Kier molecular flexibility index (Phi) is 5.50. The molecule has 0 heterocycles. The van der Waals surface area contributed by atoms with Crippen molar-refractivity contribution in [2.45, 2.75) is 18.2 Å². The van der Waals surface area contributed by atoms with Crippen molar-refractivity contribution in [3.05, 3.63) is 29.8 Å². The van der Waals surface area contributed by atoms with Crippen LogP contribution in [0, 0.1) is 0 Å². The lowest BCUT2D eigenvalue weighted by Gasteiger charge is -2.15. The molecule has 0 aromatic heterocycles. The first kappa shape index (κ1) is 15.7. The van der Waals surface area contributed by atoms with Gasteiger partial charge in [0.15, 0.2) is 9.84 Å². The Morgan fingerprint density at radius 3 is 2.26 bits per heavy atom. The average Bonchev–Trinajstić information content (AvgIpc) is 2.37. The van der Waals surface area contributed by atoms with E-state index in [2.05, 4.69) is 0 Å². The van der Waals surface area contributed by atoms with E-state index in [1.807, 2.05) is 18.9 Å². The molecule has 0 aliphatic rings. The Morgan fingerprint density at radius 1 is 1.21 bits per heavy atom. The smallest absolute Gasteiger partial charge is 0.335 e. The zero-order chi connectivity index (χ0) is 14.5. The van der Waals surface area contributed by atoms with E-state index in [4.69, 9.17) is 5.11 Å². The van der Waals surface area contributed by atoms with Gasteiger partial charge in [-0.1, -0.05) is 6.92 Å². The van der Waals surface area contributed by atoms with Gasteiger partial charge in [-0.15, -0.1) is 0 Å². The van der Waals surface area contributed by atoms with E-state index in [0.29, 0.717) is 6.54 Å². The molecule has 0 saturated carbocycles. The van der Waals surface area contributed by atoms with Gasteiger partial charge in [0.25, 0.3) is 0 Å². The summed E-state index contributed by atoms with van der Waals surface area (Å²) in [6.07, 6.45) is 0.976. The Morgan fingerprint density at radius 2 is 1.79 bits per heavy atom. The summed E-state index contributed by atoms with van der Waals surface area (Å²) in [4.78, 5) is 12.8. The second kappa shape index (κ2) is 6.68. The lowest BCUT2D eigenvalue weighted by Crippen LogP contribution is -2.26. The fourth-order valence-corrected chi connectivity index (χ4v) is 3.03. The molecule has 1 aromatic carbocycles. The highest BCUT2D eigenvalue weighted by atomic mass is 32.2. The number of carboxylic acid groups (broad SMARTS) is 1. The number of aromatic carboxylic acids is 1. The van der Waals surface area contributed by atoms with Gasteiger partial charge in [0.1, 0.15) is 0 Å². The van der Waals surface area contributed by atoms with Crippen molar-refractivity contribution in [3.63, 3.8) is 0 Å². The largest absolute Gasteiger partial charge is 0.478 e. The Hall–Kier alpha value is -1.40. The van der Waals surface area contributed by atoms with Crippen molar-refractivity contribution in [3.8, 4) is 0 Å². The summed E-state index contributed by atoms with van der Waals surface area (Å²) < 4.78 is 24.1. The third-order valence-electron chi connectivity index (χ3n) is 2.81. The fourth-order valence-electron chi connectivity index (χ4n) is 1.69. The predicted octanol–water partition coefficient (Wildman–Crippen LogP) is 1.50. The summed E-state index contributed by atoms with van der Waals surface area (Å²) in [5, 5.41) is 8.76. The molecular weight excluding hydrogens is 266 g/mol. The van der Waals surface area contributed by atoms with E-state index in [1.54, 1.807) is 0 Å². The number of carbonyl (C=O) groups is 1. The maximum atomic E-state index is 12.0. The van der Waals surface area contributed by atoms with E-state index in [9.17, 15) is 13.2 Å². The minimum Gasteiger partial charge on any atom is -0.478 e. The molecule has 19 heavy (non-hydrogen) atoms. The number of nitrogens with zero attached hydrogens (tertiary/aromatic N) is 1. The number of hydrogen-bond acceptors (Lipinski definition) is 4. The topological polar surface area (TPSA) is 74.7 Å². The van der Waals surface area contributed by atoms with Gasteiger partial charge in [-0.3, -0.25) is 0 Å². The van der Waals surface area contributed by atoms with Gasteiger partial charge in [0.05, 0.1) is 16.2 Å². The van der Waals surface area contributed by atoms with Crippen LogP contribution in [0.3, 0.4) is 0 Å². The predicted molar refractivity (Wildman–Crippen MR) is 73.2 cm³/mol.